The normalized spacial score (nSPS) is 17.1. The van der Waals surface area contributed by atoms with Crippen LogP contribution in [-0.4, -0.2) is 195 Å². The Morgan fingerprint density at radius 2 is 0.874 bits per heavy atom. The van der Waals surface area contributed by atoms with Gasteiger partial charge in [-0.05, 0) is 64.7 Å². The Balaban J connectivity index is 0.000000207. The summed E-state index contributed by atoms with van der Waals surface area (Å²) >= 11 is 0. The summed E-state index contributed by atoms with van der Waals surface area (Å²) in [4.78, 5) is 66.3. The molecule has 5 amide bonds. The maximum absolute atomic E-state index is 15.4. The van der Waals surface area contributed by atoms with Crippen molar-refractivity contribution in [2.24, 2.45) is 0 Å². The van der Waals surface area contributed by atoms with E-state index < -0.39 is 80.3 Å². The third-order valence-electron chi connectivity index (χ3n) is 17.0. The van der Waals surface area contributed by atoms with E-state index >= 15 is 8.78 Å². The van der Waals surface area contributed by atoms with Crippen molar-refractivity contribution < 1.29 is 66.8 Å². The fourth-order valence-corrected chi connectivity index (χ4v) is 13.8. The molecule has 4 aliphatic heterocycles. The Morgan fingerprint density at radius 1 is 0.484 bits per heavy atom. The van der Waals surface area contributed by atoms with E-state index in [9.17, 15) is 53.6 Å². The predicted molar refractivity (Wildman–Crippen MR) is 345 cm³/mol. The van der Waals surface area contributed by atoms with Crippen molar-refractivity contribution in [3.05, 3.63) is 202 Å². The quantitative estimate of drug-likeness (QED) is 0.0559. The number of alkyl halides is 4. The molecule has 1 N–H and O–H groups in total. The van der Waals surface area contributed by atoms with E-state index in [2.05, 4.69) is 66.2 Å². The monoisotopic (exact) mass is 1350 g/mol. The van der Waals surface area contributed by atoms with Crippen molar-refractivity contribution in [2.75, 3.05) is 118 Å². The van der Waals surface area contributed by atoms with Gasteiger partial charge in [-0.15, -0.1) is 10.2 Å². The number of nitrogens with zero attached hydrogens (tertiary/aromatic N) is 10. The van der Waals surface area contributed by atoms with Crippen molar-refractivity contribution in [3.63, 3.8) is 0 Å². The molecule has 7 aromatic rings. The maximum atomic E-state index is 15.4. The van der Waals surface area contributed by atoms with Crippen LogP contribution in [0.1, 0.15) is 56.1 Å². The average Bonchev–Trinajstić information content (AvgIpc) is 1.43. The lowest BCUT2D eigenvalue weighted by Crippen LogP contribution is -2.49. The highest BCUT2D eigenvalue weighted by Gasteiger charge is 2.33. The zero-order valence-corrected chi connectivity index (χ0v) is 53.6. The number of halogens is 6. The van der Waals surface area contributed by atoms with Gasteiger partial charge in [0.1, 0.15) is 11.6 Å². The number of aromatic nitrogens is 2. The standard InChI is InChI=1S/C34H38F3N5O5S.C33H35F3N6O4S/c35-30-20-27(31(43)21-38-33(44)32(36)37)8-9-28(30)24-42(34(45)41-16-18-48(46,47)19-17-41)29-10-6-26(7-11-29)23-40-14-12-39(13-15-40)22-25-4-2-1-3-5-25;34-29-20-26(31-37-38-32(46-31)30(35)36)8-9-27(29)23-42(33(43)41-16-18-47(44,45)19-17-41)28-10-6-25(7-11-28)22-40-14-12-39(13-15-40)21-24-4-2-1-3-5-24/h1-11,20,32H,12-19,21-24H2,(H,38,44);1-11,20,30H,12-19,21-23H2. The van der Waals surface area contributed by atoms with Crippen molar-refractivity contribution in [2.45, 2.75) is 52.1 Å². The van der Waals surface area contributed by atoms with Gasteiger partial charge in [0.2, 0.25) is 5.89 Å². The van der Waals surface area contributed by atoms with Crippen LogP contribution in [0.2, 0.25) is 0 Å². The molecule has 4 saturated heterocycles. The maximum Gasteiger partial charge on any atom is 0.324 e. The number of sulfone groups is 2. The first-order chi connectivity index (χ1) is 45.6. The minimum atomic E-state index is -3.28. The Kier molecular flexibility index (Phi) is 23.2. The molecule has 6 aromatic carbocycles. The van der Waals surface area contributed by atoms with Crippen LogP contribution in [-0.2, 0) is 63.7 Å². The van der Waals surface area contributed by atoms with E-state index in [1.807, 2.05) is 60.7 Å². The molecule has 0 spiro atoms. The number of hydrogen-bond acceptors (Lipinski definition) is 15. The van der Waals surface area contributed by atoms with Gasteiger partial charge in [-0.3, -0.25) is 39.0 Å². The largest absolute Gasteiger partial charge is 0.415 e. The number of carbonyl (C=O) groups is 4. The second-order valence-electron chi connectivity index (χ2n) is 23.7. The number of carbonyl (C=O) groups excluding carboxylic acids is 4. The highest BCUT2D eigenvalue weighted by molar-refractivity contribution is 7.91. The van der Waals surface area contributed by atoms with Gasteiger partial charge in [-0.1, -0.05) is 103 Å². The van der Waals surface area contributed by atoms with Crippen LogP contribution in [0.25, 0.3) is 11.5 Å². The molecule has 4 fully saturated rings. The molecule has 11 rings (SSSR count). The molecule has 1 aromatic heterocycles. The topological polar surface area (TPSA) is 213 Å². The van der Waals surface area contributed by atoms with Crippen molar-refractivity contribution in [3.8, 4) is 11.5 Å². The predicted octanol–water partition coefficient (Wildman–Crippen LogP) is 8.55. The lowest BCUT2D eigenvalue weighted by atomic mass is 10.1. The third-order valence-corrected chi connectivity index (χ3v) is 20.2. The number of piperazine rings is 2. The molecular formula is C67H73F6N11O9S2. The molecule has 0 radical (unpaired) electrons. The highest BCUT2D eigenvalue weighted by atomic mass is 32.2. The molecule has 5 heterocycles. The fraction of sp³-hybridized carbons (Fsp3) is 0.373. The summed E-state index contributed by atoms with van der Waals surface area (Å²) in [7, 11) is -6.48. The summed E-state index contributed by atoms with van der Waals surface area (Å²) in [6, 6.07) is 42.3. The minimum absolute atomic E-state index is 0.00621. The summed E-state index contributed by atoms with van der Waals surface area (Å²) in [6.07, 6.45) is -6.23. The number of hydrogen-bond donors (Lipinski definition) is 1. The molecule has 0 saturated carbocycles. The van der Waals surface area contributed by atoms with Gasteiger partial charge in [-0.25, -0.2) is 35.2 Å². The van der Waals surface area contributed by atoms with Gasteiger partial charge >= 0.3 is 24.9 Å². The van der Waals surface area contributed by atoms with E-state index in [1.165, 1.54) is 55.0 Å². The first-order valence-electron chi connectivity index (χ1n) is 31.1. The minimum Gasteiger partial charge on any atom is -0.415 e. The van der Waals surface area contributed by atoms with Gasteiger partial charge in [0.25, 0.3) is 11.8 Å². The second kappa shape index (κ2) is 31.8. The lowest BCUT2D eigenvalue weighted by molar-refractivity contribution is -0.131. The average molecular weight is 1350 g/mol. The Bertz CT molecular complexity index is 3970. The Hall–Kier alpha value is -8.54. The fourth-order valence-electron chi connectivity index (χ4n) is 11.4. The number of urea groups is 2. The van der Waals surface area contributed by atoms with Crippen LogP contribution in [0.15, 0.2) is 150 Å². The van der Waals surface area contributed by atoms with Crippen LogP contribution < -0.4 is 15.1 Å². The number of ketones is 1. The smallest absolute Gasteiger partial charge is 0.324 e. The molecule has 20 nitrogen and oxygen atoms in total. The zero-order valence-electron chi connectivity index (χ0n) is 52.0. The molecule has 0 unspecified atom stereocenters. The van der Waals surface area contributed by atoms with Crippen LogP contribution in [0.4, 0.5) is 47.3 Å². The zero-order chi connectivity index (χ0) is 67.2. The van der Waals surface area contributed by atoms with Gasteiger partial charge < -0.3 is 19.5 Å². The summed E-state index contributed by atoms with van der Waals surface area (Å²) in [5.41, 5.74) is 5.95. The second-order valence-corrected chi connectivity index (χ2v) is 28.3. The van der Waals surface area contributed by atoms with Crippen molar-refractivity contribution in [1.82, 2.24) is 44.9 Å². The van der Waals surface area contributed by atoms with Crippen molar-refractivity contribution in [1.29, 1.82) is 0 Å². The van der Waals surface area contributed by atoms with Gasteiger partial charge in [0, 0.05) is 138 Å². The lowest BCUT2D eigenvalue weighted by Gasteiger charge is -2.35. The molecule has 0 atom stereocenters. The molecule has 0 bridgehead atoms. The molecule has 95 heavy (non-hydrogen) atoms. The Labute approximate surface area is 547 Å². The van der Waals surface area contributed by atoms with E-state index in [0.717, 1.165) is 102 Å². The number of rotatable bonds is 20. The molecule has 0 aliphatic carbocycles. The molecule has 504 valence electrons. The third kappa shape index (κ3) is 19.3. The van der Waals surface area contributed by atoms with E-state index in [4.69, 9.17) is 4.42 Å². The molecular weight excluding hydrogens is 1280 g/mol. The Morgan fingerprint density at radius 3 is 1.24 bits per heavy atom. The summed E-state index contributed by atoms with van der Waals surface area (Å²) < 4.78 is 134. The summed E-state index contributed by atoms with van der Waals surface area (Å²) in [6.45, 7) is 9.81. The number of anilines is 2. The first kappa shape index (κ1) is 69.3. The van der Waals surface area contributed by atoms with Crippen LogP contribution >= 0.6 is 0 Å². The van der Waals surface area contributed by atoms with Gasteiger partial charge in [-0.2, -0.15) is 17.6 Å². The number of nitrogens with one attached hydrogen (secondary N) is 1. The van der Waals surface area contributed by atoms with Crippen LogP contribution in [0, 0.1) is 11.6 Å². The molecule has 4 aliphatic rings. The SMILES string of the molecule is O=C(CNC(=O)C(F)F)c1ccc(CN(C(=O)N2CCS(=O)(=O)CC2)c2ccc(CN3CCN(Cc4ccccc4)CC3)cc2)c(F)c1.O=C(N1CCS(=O)(=O)CC1)N(Cc1ccc(-c2nnc(C(F)F)o2)cc1F)c1ccc(CN2CCN(Cc3ccccc3)CC2)cc1. The summed E-state index contributed by atoms with van der Waals surface area (Å²) in [5, 5.41) is 8.65. The van der Waals surface area contributed by atoms with Crippen LogP contribution in [0.5, 0.6) is 0 Å². The molecule has 28 heteroatoms. The van der Waals surface area contributed by atoms with Gasteiger partial charge in [0.15, 0.2) is 25.5 Å². The van der Waals surface area contributed by atoms with Crippen molar-refractivity contribution >= 4 is 54.8 Å². The first-order valence-corrected chi connectivity index (χ1v) is 34.7. The summed E-state index contributed by atoms with van der Waals surface area (Å²) in [5.74, 6) is -5.59. The number of Topliss-reactive ketones (excluding diaryl/α,β-unsaturated/α-hetero) is 1. The van der Waals surface area contributed by atoms with E-state index in [-0.39, 0.29) is 90.4 Å². The van der Waals surface area contributed by atoms with Gasteiger partial charge in [0.05, 0.1) is 42.6 Å². The van der Waals surface area contributed by atoms with E-state index in [1.54, 1.807) is 17.4 Å². The number of benzene rings is 6. The number of amides is 5. The highest BCUT2D eigenvalue weighted by Crippen LogP contribution is 2.29. The van der Waals surface area contributed by atoms with E-state index in [0.29, 0.717) is 11.4 Å². The van der Waals surface area contributed by atoms with Crippen LogP contribution in [0.3, 0.4) is 0 Å².